The molecule has 7 nitrogen and oxygen atoms in total. The van der Waals surface area contributed by atoms with Crippen LogP contribution in [0.3, 0.4) is 0 Å². The number of amides is 1. The van der Waals surface area contributed by atoms with Crippen molar-refractivity contribution in [3.63, 3.8) is 0 Å². The van der Waals surface area contributed by atoms with Crippen LogP contribution in [0.1, 0.15) is 41.3 Å². The predicted octanol–water partition coefficient (Wildman–Crippen LogP) is 4.55. The number of nitrogens with one attached hydrogen (secondary N) is 1. The minimum atomic E-state index is -2.62. The van der Waals surface area contributed by atoms with E-state index in [0.29, 0.717) is 42.6 Å². The average Bonchev–Trinajstić information content (AvgIpc) is 3.37. The molecule has 5 heterocycles. The Morgan fingerprint density at radius 1 is 1.17 bits per heavy atom. The fourth-order valence-corrected chi connectivity index (χ4v) is 6.14. The van der Waals surface area contributed by atoms with Crippen LogP contribution >= 0.6 is 23.2 Å². The van der Waals surface area contributed by atoms with Crippen LogP contribution in [-0.2, 0) is 6.42 Å². The molecule has 3 aliphatic heterocycles. The molecule has 2 saturated heterocycles. The Hall–Kier alpha value is -2.49. The Kier molecular flexibility index (Phi) is 5.43. The SMILES string of the molecule is CC1c2c([nH]c3c(Cl)c(Cl)ccc23)CCN1C(=O)c1ncc(N2CCN3CC(F)(F)C[C@H]3C2)cn1. The highest BCUT2D eigenvalue weighted by molar-refractivity contribution is 6.45. The lowest BCUT2D eigenvalue weighted by molar-refractivity contribution is 0.0125. The van der Waals surface area contributed by atoms with E-state index >= 15 is 0 Å². The van der Waals surface area contributed by atoms with Crippen molar-refractivity contribution < 1.29 is 13.6 Å². The number of anilines is 1. The standard InChI is InChI=1S/C24H24Cl2F2N6O/c1-13-19-16-2-3-17(25)20(26)21(16)31-18(19)4-5-34(13)23(35)22-29-9-15(10-30-22)32-6-7-33-12-24(27,28)8-14(33)11-32/h2-3,9-10,13-14,31H,4-8,11-12H2,1H3/t13?,14-/m0/s1. The Morgan fingerprint density at radius 3 is 2.71 bits per heavy atom. The summed E-state index contributed by atoms with van der Waals surface area (Å²) in [7, 11) is 0. The van der Waals surface area contributed by atoms with Gasteiger partial charge in [-0.15, -0.1) is 0 Å². The topological polar surface area (TPSA) is 68.4 Å². The van der Waals surface area contributed by atoms with Gasteiger partial charge in [0.15, 0.2) is 0 Å². The summed E-state index contributed by atoms with van der Waals surface area (Å²) < 4.78 is 27.6. The van der Waals surface area contributed by atoms with Crippen molar-refractivity contribution in [2.24, 2.45) is 0 Å². The summed E-state index contributed by atoms with van der Waals surface area (Å²) in [5.74, 6) is -2.75. The molecule has 6 rings (SSSR count). The number of alkyl halides is 2. The van der Waals surface area contributed by atoms with Crippen molar-refractivity contribution in [2.75, 3.05) is 37.6 Å². The summed E-state index contributed by atoms with van der Waals surface area (Å²) in [5.41, 5.74) is 3.61. The van der Waals surface area contributed by atoms with Gasteiger partial charge in [-0.05, 0) is 13.0 Å². The van der Waals surface area contributed by atoms with E-state index in [4.69, 9.17) is 23.2 Å². The number of benzene rings is 1. The smallest absolute Gasteiger partial charge is 0.292 e. The summed E-state index contributed by atoms with van der Waals surface area (Å²) in [6, 6.07) is 3.32. The van der Waals surface area contributed by atoms with Crippen molar-refractivity contribution in [1.29, 1.82) is 0 Å². The zero-order chi connectivity index (χ0) is 24.5. The molecule has 2 fully saturated rings. The summed E-state index contributed by atoms with van der Waals surface area (Å²) in [6.45, 7) is 4.05. The summed E-state index contributed by atoms with van der Waals surface area (Å²) in [5, 5.41) is 1.91. The lowest BCUT2D eigenvalue weighted by atomic mass is 9.97. The number of hydrogen-bond acceptors (Lipinski definition) is 5. The van der Waals surface area contributed by atoms with Crippen LogP contribution in [0, 0.1) is 0 Å². The minimum absolute atomic E-state index is 0.121. The number of fused-ring (bicyclic) bond motifs is 4. The third-order valence-corrected chi connectivity index (χ3v) is 8.31. The molecule has 3 aliphatic rings. The maximum atomic E-state index is 13.8. The van der Waals surface area contributed by atoms with Crippen molar-refractivity contribution in [2.45, 2.75) is 37.8 Å². The van der Waals surface area contributed by atoms with Gasteiger partial charge in [-0.25, -0.2) is 18.7 Å². The zero-order valence-electron chi connectivity index (χ0n) is 19.1. The van der Waals surface area contributed by atoms with Crippen LogP contribution in [-0.4, -0.2) is 75.3 Å². The molecule has 0 saturated carbocycles. The van der Waals surface area contributed by atoms with Crippen LogP contribution in [0.5, 0.6) is 0 Å². The Balaban J connectivity index is 1.20. The van der Waals surface area contributed by atoms with E-state index in [1.807, 2.05) is 22.8 Å². The number of aromatic nitrogens is 3. The maximum absolute atomic E-state index is 13.8. The monoisotopic (exact) mass is 520 g/mol. The number of rotatable bonds is 2. The van der Waals surface area contributed by atoms with Crippen molar-refractivity contribution in [1.82, 2.24) is 24.8 Å². The summed E-state index contributed by atoms with van der Waals surface area (Å²) in [6.07, 6.45) is 3.77. The van der Waals surface area contributed by atoms with Gasteiger partial charge < -0.3 is 14.8 Å². The number of nitrogens with zero attached hydrogens (tertiary/aromatic N) is 5. The van der Waals surface area contributed by atoms with E-state index in [0.717, 1.165) is 27.8 Å². The molecule has 3 aromatic rings. The highest BCUT2D eigenvalue weighted by Crippen LogP contribution is 2.40. The summed E-state index contributed by atoms with van der Waals surface area (Å²) in [4.78, 5) is 31.1. The summed E-state index contributed by atoms with van der Waals surface area (Å²) >= 11 is 12.6. The molecule has 2 aromatic heterocycles. The van der Waals surface area contributed by atoms with Crippen molar-refractivity contribution in [3.05, 3.63) is 51.7 Å². The Labute approximate surface area is 211 Å². The quantitative estimate of drug-likeness (QED) is 0.536. The molecule has 1 N–H and O–H groups in total. The number of carbonyl (C=O) groups excluding carboxylic acids is 1. The van der Waals surface area contributed by atoms with Gasteiger partial charge in [-0.1, -0.05) is 29.3 Å². The molecule has 2 atom stereocenters. The Bertz CT molecular complexity index is 1310. The van der Waals surface area contributed by atoms with Gasteiger partial charge in [0.1, 0.15) is 0 Å². The number of aromatic amines is 1. The molecule has 0 spiro atoms. The average molecular weight is 521 g/mol. The van der Waals surface area contributed by atoms with Crippen LogP contribution in [0.4, 0.5) is 14.5 Å². The first kappa shape index (κ1) is 22.9. The van der Waals surface area contributed by atoms with E-state index in [1.165, 1.54) is 0 Å². The number of H-pyrrole nitrogens is 1. The lowest BCUT2D eigenvalue weighted by Crippen LogP contribution is -2.50. The third kappa shape index (κ3) is 3.84. The van der Waals surface area contributed by atoms with Crippen LogP contribution in [0.25, 0.3) is 10.9 Å². The second-order valence-electron chi connectivity index (χ2n) is 9.62. The minimum Gasteiger partial charge on any atom is -0.366 e. The number of hydrogen-bond donors (Lipinski definition) is 1. The molecule has 184 valence electrons. The van der Waals surface area contributed by atoms with Crippen molar-refractivity contribution in [3.8, 4) is 0 Å². The van der Waals surface area contributed by atoms with Crippen LogP contribution < -0.4 is 4.90 Å². The largest absolute Gasteiger partial charge is 0.366 e. The number of piperazine rings is 1. The van der Waals surface area contributed by atoms with Gasteiger partial charge >= 0.3 is 0 Å². The maximum Gasteiger partial charge on any atom is 0.292 e. The first-order valence-electron chi connectivity index (χ1n) is 11.7. The molecular formula is C24H24Cl2F2N6O. The second kappa shape index (κ2) is 8.28. The van der Waals surface area contributed by atoms with Crippen molar-refractivity contribution >= 4 is 45.7 Å². The molecule has 1 aromatic carbocycles. The van der Waals surface area contributed by atoms with Crippen LogP contribution in [0.15, 0.2) is 24.5 Å². The number of halogens is 4. The van der Waals surface area contributed by atoms with Crippen LogP contribution in [0.2, 0.25) is 10.0 Å². The first-order chi connectivity index (χ1) is 16.7. The van der Waals surface area contributed by atoms with E-state index in [2.05, 4.69) is 15.0 Å². The molecule has 0 aliphatic carbocycles. The molecule has 11 heteroatoms. The third-order valence-electron chi connectivity index (χ3n) is 7.50. The first-order valence-corrected chi connectivity index (χ1v) is 12.5. The molecule has 1 amide bonds. The fourth-order valence-electron chi connectivity index (χ4n) is 5.77. The normalized spacial score (nSPS) is 24.0. The van der Waals surface area contributed by atoms with E-state index in [1.54, 1.807) is 23.4 Å². The molecule has 35 heavy (non-hydrogen) atoms. The van der Waals surface area contributed by atoms with Gasteiger partial charge in [0, 0.05) is 61.7 Å². The zero-order valence-corrected chi connectivity index (χ0v) is 20.6. The molecular weight excluding hydrogens is 497 g/mol. The molecule has 0 bridgehead atoms. The highest BCUT2D eigenvalue weighted by Gasteiger charge is 2.46. The van der Waals surface area contributed by atoms with Gasteiger partial charge in [0.05, 0.1) is 46.2 Å². The molecule has 0 radical (unpaired) electrons. The molecule has 1 unspecified atom stereocenters. The van der Waals surface area contributed by atoms with E-state index in [-0.39, 0.29) is 36.8 Å². The highest BCUT2D eigenvalue weighted by atomic mass is 35.5. The lowest BCUT2D eigenvalue weighted by Gasteiger charge is -2.38. The van der Waals surface area contributed by atoms with Gasteiger partial charge in [-0.2, -0.15) is 0 Å². The second-order valence-corrected chi connectivity index (χ2v) is 10.4. The van der Waals surface area contributed by atoms with Gasteiger partial charge in [0.25, 0.3) is 11.8 Å². The van der Waals surface area contributed by atoms with Gasteiger partial charge in [-0.3, -0.25) is 9.69 Å². The number of carbonyl (C=O) groups is 1. The van der Waals surface area contributed by atoms with E-state index in [9.17, 15) is 13.6 Å². The van der Waals surface area contributed by atoms with E-state index < -0.39 is 5.92 Å². The Morgan fingerprint density at radius 2 is 1.94 bits per heavy atom. The predicted molar refractivity (Wildman–Crippen MR) is 131 cm³/mol. The van der Waals surface area contributed by atoms with Gasteiger partial charge in [0.2, 0.25) is 5.82 Å². The fraction of sp³-hybridized carbons (Fsp3) is 0.458.